The summed E-state index contributed by atoms with van der Waals surface area (Å²) in [4.78, 5) is 15.9. The molecule has 0 bridgehead atoms. The normalized spacial score (nSPS) is 10.8. The van der Waals surface area contributed by atoms with Gasteiger partial charge in [0.1, 0.15) is 5.52 Å². The molecular weight excluding hydrogens is 322 g/mol. The lowest BCUT2D eigenvalue weighted by atomic mass is 10.1. The van der Waals surface area contributed by atoms with E-state index >= 15 is 0 Å². The van der Waals surface area contributed by atoms with Crippen LogP contribution in [0.3, 0.4) is 0 Å². The Hall–Kier alpha value is -1.98. The van der Waals surface area contributed by atoms with E-state index in [0.29, 0.717) is 27.1 Å². The monoisotopic (exact) mass is 333 g/mol. The van der Waals surface area contributed by atoms with Crippen molar-refractivity contribution in [3.63, 3.8) is 0 Å². The van der Waals surface area contributed by atoms with E-state index in [2.05, 4.69) is 4.98 Å². The Morgan fingerprint density at radius 3 is 3.00 bits per heavy atom. The van der Waals surface area contributed by atoms with Gasteiger partial charge >= 0.3 is 5.97 Å². The second kappa shape index (κ2) is 6.42. The Labute approximate surface area is 136 Å². The SMILES string of the molecule is COC(=O)c1cccc(CSc2nc3ccc(Cl)cc3o2)c1. The number of oxazole rings is 1. The molecule has 3 rings (SSSR count). The number of carbonyl (C=O) groups is 1. The molecule has 0 aliphatic heterocycles. The number of esters is 1. The predicted octanol–water partition coefficient (Wildman–Crippen LogP) is 4.56. The van der Waals surface area contributed by atoms with Gasteiger partial charge in [-0.05, 0) is 29.8 Å². The van der Waals surface area contributed by atoms with Crippen LogP contribution in [-0.4, -0.2) is 18.1 Å². The largest absolute Gasteiger partial charge is 0.465 e. The third-order valence-corrected chi connectivity index (χ3v) is 4.18. The summed E-state index contributed by atoms with van der Waals surface area (Å²) >= 11 is 7.38. The van der Waals surface area contributed by atoms with Crippen molar-refractivity contribution in [1.82, 2.24) is 4.98 Å². The van der Waals surface area contributed by atoms with Gasteiger partial charge in [0, 0.05) is 16.8 Å². The number of hydrogen-bond acceptors (Lipinski definition) is 5. The molecule has 2 aromatic carbocycles. The van der Waals surface area contributed by atoms with Gasteiger partial charge in [-0.1, -0.05) is 35.5 Å². The number of fused-ring (bicyclic) bond motifs is 1. The lowest BCUT2D eigenvalue weighted by molar-refractivity contribution is 0.0600. The average molecular weight is 334 g/mol. The predicted molar refractivity (Wildman–Crippen MR) is 86.4 cm³/mol. The van der Waals surface area contributed by atoms with Crippen LogP contribution in [-0.2, 0) is 10.5 Å². The summed E-state index contributed by atoms with van der Waals surface area (Å²) in [6.07, 6.45) is 0. The maximum absolute atomic E-state index is 11.5. The molecule has 0 saturated carbocycles. The number of methoxy groups -OCH3 is 1. The summed E-state index contributed by atoms with van der Waals surface area (Å²) in [5.41, 5.74) is 2.96. The zero-order valence-corrected chi connectivity index (χ0v) is 13.3. The van der Waals surface area contributed by atoms with Gasteiger partial charge in [0.15, 0.2) is 5.58 Å². The van der Waals surface area contributed by atoms with E-state index in [1.54, 1.807) is 24.3 Å². The zero-order chi connectivity index (χ0) is 15.5. The number of thioether (sulfide) groups is 1. The molecule has 0 N–H and O–H groups in total. The number of hydrogen-bond donors (Lipinski definition) is 0. The van der Waals surface area contributed by atoms with E-state index in [0.717, 1.165) is 11.1 Å². The van der Waals surface area contributed by atoms with E-state index < -0.39 is 0 Å². The lowest BCUT2D eigenvalue weighted by Crippen LogP contribution is -2.01. The topological polar surface area (TPSA) is 52.3 Å². The molecule has 0 aliphatic rings. The van der Waals surface area contributed by atoms with Gasteiger partial charge in [-0.2, -0.15) is 0 Å². The van der Waals surface area contributed by atoms with Crippen LogP contribution >= 0.6 is 23.4 Å². The quantitative estimate of drug-likeness (QED) is 0.517. The van der Waals surface area contributed by atoms with Crippen molar-refractivity contribution < 1.29 is 13.9 Å². The molecule has 0 radical (unpaired) electrons. The summed E-state index contributed by atoms with van der Waals surface area (Å²) in [5, 5.41) is 1.19. The van der Waals surface area contributed by atoms with E-state index in [1.165, 1.54) is 18.9 Å². The first kappa shape index (κ1) is 14.9. The summed E-state index contributed by atoms with van der Waals surface area (Å²) in [5.74, 6) is 0.300. The molecule has 0 saturated heterocycles. The molecule has 1 aromatic heterocycles. The number of halogens is 1. The summed E-state index contributed by atoms with van der Waals surface area (Å²) in [7, 11) is 1.37. The minimum atomic E-state index is -0.344. The van der Waals surface area contributed by atoms with Crippen LogP contribution in [0.15, 0.2) is 52.1 Å². The van der Waals surface area contributed by atoms with Crippen LogP contribution in [0.2, 0.25) is 5.02 Å². The molecule has 4 nitrogen and oxygen atoms in total. The number of nitrogens with zero attached hydrogens (tertiary/aromatic N) is 1. The molecule has 0 fully saturated rings. The molecule has 1 heterocycles. The molecule has 0 aliphatic carbocycles. The molecular formula is C16H12ClNO3S. The second-order valence-corrected chi connectivity index (χ2v) is 5.94. The summed E-state index contributed by atoms with van der Waals surface area (Å²) < 4.78 is 10.4. The Balaban J connectivity index is 1.75. The fourth-order valence-corrected chi connectivity index (χ4v) is 2.93. The fraction of sp³-hybridized carbons (Fsp3) is 0.125. The average Bonchev–Trinajstić information content (AvgIpc) is 2.94. The van der Waals surface area contributed by atoms with E-state index in [9.17, 15) is 4.79 Å². The first-order chi connectivity index (χ1) is 10.7. The molecule has 0 amide bonds. The summed E-state index contributed by atoms with van der Waals surface area (Å²) in [6, 6.07) is 12.6. The van der Waals surface area contributed by atoms with Gasteiger partial charge in [-0.3, -0.25) is 0 Å². The molecule has 0 atom stereocenters. The van der Waals surface area contributed by atoms with Gasteiger partial charge in [-0.15, -0.1) is 0 Å². The van der Waals surface area contributed by atoms with Crippen LogP contribution in [0.25, 0.3) is 11.1 Å². The molecule has 6 heteroatoms. The number of aromatic nitrogens is 1. The van der Waals surface area contributed by atoms with Crippen LogP contribution in [0.5, 0.6) is 0 Å². The number of carbonyl (C=O) groups excluding carboxylic acids is 1. The summed E-state index contributed by atoms with van der Waals surface area (Å²) in [6.45, 7) is 0. The third kappa shape index (κ3) is 3.26. The van der Waals surface area contributed by atoms with E-state index in [-0.39, 0.29) is 5.97 Å². The Bertz CT molecular complexity index is 831. The van der Waals surface area contributed by atoms with Crippen molar-refractivity contribution in [2.24, 2.45) is 0 Å². The number of rotatable bonds is 4. The van der Waals surface area contributed by atoms with E-state index in [1.807, 2.05) is 18.2 Å². The van der Waals surface area contributed by atoms with Crippen molar-refractivity contribution >= 4 is 40.4 Å². The van der Waals surface area contributed by atoms with Crippen molar-refractivity contribution in [2.45, 2.75) is 11.0 Å². The van der Waals surface area contributed by atoms with Crippen LogP contribution in [0.4, 0.5) is 0 Å². The lowest BCUT2D eigenvalue weighted by Gasteiger charge is -2.02. The van der Waals surface area contributed by atoms with Crippen LogP contribution < -0.4 is 0 Å². The fourth-order valence-electron chi connectivity index (χ4n) is 1.99. The highest BCUT2D eigenvalue weighted by molar-refractivity contribution is 7.98. The van der Waals surface area contributed by atoms with Crippen molar-refractivity contribution in [3.8, 4) is 0 Å². The minimum absolute atomic E-state index is 0.344. The first-order valence-electron chi connectivity index (χ1n) is 6.52. The molecule has 0 spiro atoms. The zero-order valence-electron chi connectivity index (χ0n) is 11.7. The van der Waals surface area contributed by atoms with Gasteiger partial charge in [0.2, 0.25) is 0 Å². The maximum Gasteiger partial charge on any atom is 0.337 e. The molecule has 112 valence electrons. The Morgan fingerprint density at radius 2 is 2.18 bits per heavy atom. The van der Waals surface area contributed by atoms with Gasteiger partial charge in [0.25, 0.3) is 5.22 Å². The second-order valence-electron chi connectivity index (χ2n) is 4.57. The Kier molecular flexibility index (Phi) is 4.36. The van der Waals surface area contributed by atoms with Crippen molar-refractivity contribution in [1.29, 1.82) is 0 Å². The van der Waals surface area contributed by atoms with Crippen LogP contribution in [0, 0.1) is 0 Å². The van der Waals surface area contributed by atoms with Gasteiger partial charge < -0.3 is 9.15 Å². The van der Waals surface area contributed by atoms with Gasteiger partial charge in [0.05, 0.1) is 12.7 Å². The molecule has 0 unspecified atom stereocenters. The first-order valence-corrected chi connectivity index (χ1v) is 7.88. The molecule has 3 aromatic rings. The third-order valence-electron chi connectivity index (χ3n) is 3.04. The van der Waals surface area contributed by atoms with Gasteiger partial charge in [-0.25, -0.2) is 9.78 Å². The van der Waals surface area contributed by atoms with Crippen molar-refractivity contribution in [3.05, 3.63) is 58.6 Å². The minimum Gasteiger partial charge on any atom is -0.465 e. The van der Waals surface area contributed by atoms with Crippen LogP contribution in [0.1, 0.15) is 15.9 Å². The smallest absolute Gasteiger partial charge is 0.337 e. The maximum atomic E-state index is 11.5. The standard InChI is InChI=1S/C16H12ClNO3S/c1-20-15(19)11-4-2-3-10(7-11)9-22-16-18-13-6-5-12(17)8-14(13)21-16/h2-8H,9H2,1H3. The number of ether oxygens (including phenoxy) is 1. The van der Waals surface area contributed by atoms with E-state index in [4.69, 9.17) is 20.8 Å². The Morgan fingerprint density at radius 1 is 1.32 bits per heavy atom. The van der Waals surface area contributed by atoms with Crippen molar-refractivity contribution in [2.75, 3.05) is 7.11 Å². The number of benzene rings is 2. The highest BCUT2D eigenvalue weighted by atomic mass is 35.5. The highest BCUT2D eigenvalue weighted by Gasteiger charge is 2.09. The molecule has 22 heavy (non-hydrogen) atoms. The highest BCUT2D eigenvalue weighted by Crippen LogP contribution is 2.28.